The van der Waals surface area contributed by atoms with E-state index in [1.54, 1.807) is 0 Å². The zero-order valence-electron chi connectivity index (χ0n) is 9.42. The lowest BCUT2D eigenvalue weighted by atomic mass is 10.1. The fourth-order valence-electron chi connectivity index (χ4n) is 0.750. The molecule has 0 aliphatic carbocycles. The maximum Gasteiger partial charge on any atom is 0.404 e. The number of amides is 2. The van der Waals surface area contributed by atoms with Crippen molar-refractivity contribution in [1.29, 1.82) is 0 Å². The Bertz CT molecular complexity index is 223. The summed E-state index contributed by atoms with van der Waals surface area (Å²) in [5.74, 6) is -0.141. The molecule has 0 aromatic heterocycles. The molecule has 88 valence electrons. The van der Waals surface area contributed by atoms with E-state index in [0.717, 1.165) is 0 Å². The van der Waals surface area contributed by atoms with Crippen molar-refractivity contribution in [2.24, 2.45) is 5.73 Å². The highest BCUT2D eigenvalue weighted by molar-refractivity contribution is 5.78. The lowest BCUT2D eigenvalue weighted by Crippen LogP contribution is -2.43. The quantitative estimate of drug-likeness (QED) is 0.545. The number of hydrogen-bond acceptors (Lipinski definition) is 4. The third kappa shape index (κ3) is 10.6. The molecule has 0 spiro atoms. The second-order valence-electron chi connectivity index (χ2n) is 4.12. The molecule has 0 aliphatic rings. The smallest absolute Gasteiger partial charge is 0.404 e. The molecule has 2 amide bonds. The average Bonchev–Trinajstić information content (AvgIpc) is 2.07. The van der Waals surface area contributed by atoms with Gasteiger partial charge in [0.1, 0.15) is 6.61 Å². The van der Waals surface area contributed by atoms with Gasteiger partial charge in [-0.3, -0.25) is 4.79 Å². The molecule has 0 saturated carbocycles. The molecular weight excluding hydrogens is 198 g/mol. The van der Waals surface area contributed by atoms with E-state index in [9.17, 15) is 9.59 Å². The lowest BCUT2D eigenvalue weighted by molar-refractivity contribution is -0.120. The van der Waals surface area contributed by atoms with Crippen LogP contribution in [0.3, 0.4) is 0 Å². The summed E-state index contributed by atoms with van der Waals surface area (Å²) in [5, 5.41) is 5.60. The molecule has 0 atom stereocenters. The van der Waals surface area contributed by atoms with Gasteiger partial charge in [-0.1, -0.05) is 0 Å². The van der Waals surface area contributed by atoms with Crippen LogP contribution < -0.4 is 16.4 Å². The number of nitrogens with one attached hydrogen (secondary N) is 2. The normalized spacial score (nSPS) is 10.9. The molecule has 0 saturated heterocycles. The number of primary amides is 1. The second-order valence-corrected chi connectivity index (χ2v) is 4.12. The van der Waals surface area contributed by atoms with Crippen molar-refractivity contribution in [3.63, 3.8) is 0 Å². The zero-order chi connectivity index (χ0) is 11.9. The Morgan fingerprint density at radius 2 is 1.93 bits per heavy atom. The number of carbonyl (C=O) groups is 2. The Balaban J connectivity index is 3.46. The van der Waals surface area contributed by atoms with Crippen LogP contribution in [0, 0.1) is 0 Å². The third-order valence-electron chi connectivity index (χ3n) is 1.45. The maximum atomic E-state index is 11.2. The SMILES string of the molecule is CC(C)(C)NCC(=O)NCCOC(N)=O. The fourth-order valence-corrected chi connectivity index (χ4v) is 0.750. The summed E-state index contributed by atoms with van der Waals surface area (Å²) >= 11 is 0. The van der Waals surface area contributed by atoms with Gasteiger partial charge in [0.2, 0.25) is 5.91 Å². The van der Waals surface area contributed by atoms with E-state index in [4.69, 9.17) is 5.73 Å². The predicted molar refractivity (Wildman–Crippen MR) is 56.3 cm³/mol. The van der Waals surface area contributed by atoms with Gasteiger partial charge in [0.15, 0.2) is 0 Å². The van der Waals surface area contributed by atoms with Gasteiger partial charge in [0.25, 0.3) is 0 Å². The Labute approximate surface area is 89.5 Å². The molecule has 0 aromatic rings. The van der Waals surface area contributed by atoms with Gasteiger partial charge in [-0.2, -0.15) is 0 Å². The highest BCUT2D eigenvalue weighted by Crippen LogP contribution is 1.96. The molecule has 0 heterocycles. The zero-order valence-corrected chi connectivity index (χ0v) is 9.42. The first-order chi connectivity index (χ1) is 6.81. The summed E-state index contributed by atoms with van der Waals surface area (Å²) in [6.45, 7) is 6.51. The first-order valence-corrected chi connectivity index (χ1v) is 4.75. The number of rotatable bonds is 5. The van der Waals surface area contributed by atoms with E-state index in [-0.39, 0.29) is 31.1 Å². The number of nitrogens with two attached hydrogens (primary N) is 1. The van der Waals surface area contributed by atoms with E-state index >= 15 is 0 Å². The molecule has 15 heavy (non-hydrogen) atoms. The molecule has 0 aromatic carbocycles. The number of carbonyl (C=O) groups excluding carboxylic acids is 2. The van der Waals surface area contributed by atoms with Crippen molar-refractivity contribution < 1.29 is 14.3 Å². The summed E-state index contributed by atoms with van der Waals surface area (Å²) in [6.07, 6.45) is -0.836. The predicted octanol–water partition coefficient (Wildman–Crippen LogP) is -0.414. The van der Waals surface area contributed by atoms with Gasteiger partial charge in [0, 0.05) is 5.54 Å². The third-order valence-corrected chi connectivity index (χ3v) is 1.45. The minimum Gasteiger partial charge on any atom is -0.448 e. The van der Waals surface area contributed by atoms with Crippen LogP contribution >= 0.6 is 0 Å². The highest BCUT2D eigenvalue weighted by atomic mass is 16.5. The molecule has 0 radical (unpaired) electrons. The van der Waals surface area contributed by atoms with Crippen molar-refractivity contribution in [1.82, 2.24) is 10.6 Å². The van der Waals surface area contributed by atoms with Crippen LogP contribution in [0.25, 0.3) is 0 Å². The van der Waals surface area contributed by atoms with E-state index in [1.807, 2.05) is 20.8 Å². The van der Waals surface area contributed by atoms with E-state index in [2.05, 4.69) is 15.4 Å². The molecule has 0 rings (SSSR count). The van der Waals surface area contributed by atoms with Gasteiger partial charge >= 0.3 is 6.09 Å². The minimum absolute atomic E-state index is 0.0938. The van der Waals surface area contributed by atoms with Crippen LogP contribution in [0.15, 0.2) is 0 Å². The molecule has 0 bridgehead atoms. The Kier molecular flexibility index (Phi) is 5.69. The van der Waals surface area contributed by atoms with Crippen LogP contribution in [0.4, 0.5) is 4.79 Å². The monoisotopic (exact) mass is 217 g/mol. The summed E-state index contributed by atoms with van der Waals surface area (Å²) in [6, 6.07) is 0. The molecule has 6 nitrogen and oxygen atoms in total. The fraction of sp³-hybridized carbons (Fsp3) is 0.778. The average molecular weight is 217 g/mol. The van der Waals surface area contributed by atoms with E-state index in [0.29, 0.717) is 0 Å². The number of hydrogen-bond donors (Lipinski definition) is 3. The highest BCUT2D eigenvalue weighted by Gasteiger charge is 2.10. The summed E-state index contributed by atoms with van der Waals surface area (Å²) in [4.78, 5) is 21.4. The Morgan fingerprint density at radius 3 is 2.40 bits per heavy atom. The van der Waals surface area contributed by atoms with Crippen molar-refractivity contribution in [3.05, 3.63) is 0 Å². The molecule has 4 N–H and O–H groups in total. The van der Waals surface area contributed by atoms with Gasteiger partial charge in [0.05, 0.1) is 13.1 Å². The largest absolute Gasteiger partial charge is 0.448 e. The van der Waals surface area contributed by atoms with Crippen LogP contribution in [0.5, 0.6) is 0 Å². The Hall–Kier alpha value is -1.30. The minimum atomic E-state index is -0.836. The second kappa shape index (κ2) is 6.23. The van der Waals surface area contributed by atoms with Crippen LogP contribution in [0.1, 0.15) is 20.8 Å². The van der Waals surface area contributed by atoms with Gasteiger partial charge in [-0.25, -0.2) is 4.79 Å². The van der Waals surface area contributed by atoms with Crippen LogP contribution in [-0.4, -0.2) is 37.2 Å². The molecular formula is C9H19N3O3. The number of ether oxygens (including phenoxy) is 1. The van der Waals surface area contributed by atoms with E-state index in [1.165, 1.54) is 0 Å². The summed E-state index contributed by atoms with van der Waals surface area (Å²) in [5.41, 5.74) is 4.64. The maximum absolute atomic E-state index is 11.2. The van der Waals surface area contributed by atoms with Crippen molar-refractivity contribution in [2.75, 3.05) is 19.7 Å². The van der Waals surface area contributed by atoms with E-state index < -0.39 is 6.09 Å². The molecule has 0 fully saturated rings. The van der Waals surface area contributed by atoms with Crippen LogP contribution in [0.2, 0.25) is 0 Å². The van der Waals surface area contributed by atoms with Crippen molar-refractivity contribution in [2.45, 2.75) is 26.3 Å². The van der Waals surface area contributed by atoms with Crippen molar-refractivity contribution >= 4 is 12.0 Å². The summed E-state index contributed by atoms with van der Waals surface area (Å²) in [7, 11) is 0. The topological polar surface area (TPSA) is 93.4 Å². The van der Waals surface area contributed by atoms with Gasteiger partial charge < -0.3 is 21.1 Å². The standard InChI is InChI=1S/C9H19N3O3/c1-9(2,3)12-6-7(13)11-4-5-15-8(10)14/h12H,4-6H2,1-3H3,(H2,10,14)(H,11,13). The molecule has 6 heteroatoms. The molecule has 0 unspecified atom stereocenters. The van der Waals surface area contributed by atoms with Gasteiger partial charge in [-0.15, -0.1) is 0 Å². The first kappa shape index (κ1) is 13.7. The first-order valence-electron chi connectivity index (χ1n) is 4.75. The summed E-state index contributed by atoms with van der Waals surface area (Å²) < 4.78 is 4.44. The molecule has 0 aliphatic heterocycles. The van der Waals surface area contributed by atoms with Crippen molar-refractivity contribution in [3.8, 4) is 0 Å². The Morgan fingerprint density at radius 1 is 1.33 bits per heavy atom. The van der Waals surface area contributed by atoms with Crippen LogP contribution in [-0.2, 0) is 9.53 Å². The lowest BCUT2D eigenvalue weighted by Gasteiger charge is -2.19. The van der Waals surface area contributed by atoms with Gasteiger partial charge in [-0.05, 0) is 20.8 Å².